The molecule has 7 heterocycles. The Hall–Kier alpha value is -6.74. The van der Waals surface area contributed by atoms with Gasteiger partial charge in [-0.15, -0.1) is 11.8 Å². The van der Waals surface area contributed by atoms with Gasteiger partial charge < -0.3 is 41.3 Å². The molecule has 3 fully saturated rings. The fourth-order valence-corrected chi connectivity index (χ4v) is 12.9. The maximum atomic E-state index is 14.7. The number of nitrogens with zero attached hydrogens (tertiary/aromatic N) is 8. The molecule has 0 saturated carbocycles. The molecule has 0 aliphatic carbocycles. The second kappa shape index (κ2) is 26.0. The fraction of sp³-hybridized carbons (Fsp3) is 0.534. The average Bonchev–Trinajstić information content (AvgIpc) is 4.38. The van der Waals surface area contributed by atoms with Gasteiger partial charge in [-0.25, -0.2) is 13.8 Å². The summed E-state index contributed by atoms with van der Waals surface area (Å²) >= 11 is 1.47. The number of unbranched alkanes of at least 4 members (excludes halogenated alkanes) is 5. The number of likely N-dealkylation sites (N-methyl/N-ethyl adjacent to an activating group) is 1. The van der Waals surface area contributed by atoms with Gasteiger partial charge in [-0.05, 0) is 125 Å². The first kappa shape index (κ1) is 57.0. The number of carbonyl (C=O) groups is 6. The van der Waals surface area contributed by atoms with Crippen LogP contribution < -0.4 is 26.6 Å². The predicted octanol–water partition coefficient (Wildman–Crippen LogP) is 6.69. The van der Waals surface area contributed by atoms with Crippen LogP contribution in [0.15, 0.2) is 65.9 Å². The van der Waals surface area contributed by atoms with Crippen molar-refractivity contribution in [2.45, 2.75) is 140 Å². The molecule has 0 radical (unpaired) electrons. The summed E-state index contributed by atoms with van der Waals surface area (Å²) < 4.78 is 30.0. The zero-order chi connectivity index (χ0) is 55.7. The highest BCUT2D eigenvalue weighted by Crippen LogP contribution is 2.42. The number of thioether (sulfide) groups is 1. The van der Waals surface area contributed by atoms with Gasteiger partial charge in [0.2, 0.25) is 23.6 Å². The first-order chi connectivity index (χ1) is 38.2. The lowest BCUT2D eigenvalue weighted by atomic mass is 9.87. The van der Waals surface area contributed by atoms with Gasteiger partial charge in [-0.1, -0.05) is 25.7 Å². The zero-order valence-corrected chi connectivity index (χ0v) is 46.4. The number of likely N-dealkylation sites (tertiary alicyclic amines) is 2. The Bertz CT molecular complexity index is 2910. The molecule has 5 aliphatic rings. The molecule has 79 heavy (non-hydrogen) atoms. The third-order valence-corrected chi connectivity index (χ3v) is 17.5. The number of aromatic nitrogens is 3. The molecule has 21 heteroatoms. The van der Waals surface area contributed by atoms with Gasteiger partial charge >= 0.3 is 0 Å². The summed E-state index contributed by atoms with van der Waals surface area (Å²) in [4.78, 5) is 98.0. The van der Waals surface area contributed by atoms with Gasteiger partial charge in [0.1, 0.15) is 29.5 Å². The van der Waals surface area contributed by atoms with Crippen molar-refractivity contribution >= 4 is 63.6 Å². The summed E-state index contributed by atoms with van der Waals surface area (Å²) in [6.45, 7) is 4.92. The minimum atomic E-state index is -0.774. The number of pyridine rings is 1. The minimum absolute atomic E-state index is 0.0370. The molecule has 0 spiro atoms. The molecule has 422 valence electrons. The number of fused-ring (bicyclic) bond motifs is 8. The van der Waals surface area contributed by atoms with Gasteiger partial charge in [0.25, 0.3) is 5.91 Å². The summed E-state index contributed by atoms with van der Waals surface area (Å²) in [7, 11) is 3.42. The Morgan fingerprint density at radius 2 is 1.56 bits per heavy atom. The number of nitrogen functional groups attached to an aromatic ring is 1. The SMILES string of the molecule is CN[C@H](C)C(=O)N[C@@H](C(=O)N1CCC[C@@H]1C1=NC(C(=O)c2ccc(F)cc2)CS1)C1CCN(C(=O)CCCCCCCCC(=O)NCCn2cc3c(n2)CN(C)C(=O)c2ccc(F)cc2[C@H]2CCCN2c2cc-3cnc2N)CC1. The smallest absolute Gasteiger partial charge is 0.254 e. The summed E-state index contributed by atoms with van der Waals surface area (Å²) in [6.07, 6.45) is 13.9. The van der Waals surface area contributed by atoms with Crippen LogP contribution in [0.4, 0.5) is 20.3 Å². The minimum Gasteiger partial charge on any atom is -0.382 e. The number of hydrogen-bond acceptors (Lipinski definition) is 13. The Morgan fingerprint density at radius 3 is 2.32 bits per heavy atom. The maximum Gasteiger partial charge on any atom is 0.254 e. The van der Waals surface area contributed by atoms with Gasteiger partial charge in [0.15, 0.2) is 5.78 Å². The van der Waals surface area contributed by atoms with Crippen molar-refractivity contribution in [3.8, 4) is 11.1 Å². The van der Waals surface area contributed by atoms with E-state index in [1.165, 1.54) is 48.2 Å². The van der Waals surface area contributed by atoms with E-state index in [4.69, 9.17) is 15.8 Å². The normalized spacial score (nSPS) is 20.1. The Labute approximate surface area is 465 Å². The van der Waals surface area contributed by atoms with Crippen molar-refractivity contribution in [1.29, 1.82) is 0 Å². The number of carbonyl (C=O) groups excluding carboxylic acids is 6. The van der Waals surface area contributed by atoms with Gasteiger partial charge in [-0.2, -0.15) is 5.10 Å². The van der Waals surface area contributed by atoms with Crippen molar-refractivity contribution in [2.75, 3.05) is 63.2 Å². The van der Waals surface area contributed by atoms with Crippen LogP contribution in [0, 0.1) is 17.6 Å². The van der Waals surface area contributed by atoms with Gasteiger partial charge in [-0.3, -0.25) is 38.4 Å². The highest BCUT2D eigenvalue weighted by molar-refractivity contribution is 8.14. The van der Waals surface area contributed by atoms with Crippen LogP contribution in [0.25, 0.3) is 11.1 Å². The molecule has 2 aromatic heterocycles. The quantitative estimate of drug-likeness (QED) is 0.0538. The highest BCUT2D eigenvalue weighted by atomic mass is 32.2. The Kier molecular flexibility index (Phi) is 18.8. The van der Waals surface area contributed by atoms with Crippen molar-refractivity contribution in [3.63, 3.8) is 0 Å². The molecule has 5 N–H and O–H groups in total. The Morgan fingerprint density at radius 1 is 0.848 bits per heavy atom. The van der Waals surface area contributed by atoms with E-state index in [1.54, 1.807) is 42.9 Å². The van der Waals surface area contributed by atoms with Crippen molar-refractivity contribution in [3.05, 3.63) is 94.9 Å². The van der Waals surface area contributed by atoms with Crippen LogP contribution in [-0.2, 0) is 32.3 Å². The third kappa shape index (κ3) is 13.5. The second-order valence-corrected chi connectivity index (χ2v) is 22.7. The standard InChI is InChI=1S/C58H74F2N12O6S/c1-36(62-2)55(76)66-52(58(78)72-26-11-13-48(72)56-65-46(35-79-56)53(75)38-16-18-40(59)19-17-38)37-22-27-69(28-23-37)51(74)15-9-7-5-4-6-8-14-50(73)63-24-29-70-33-44-39-30-49(54(61)64-32-39)71-25-10-12-47(71)43-31-41(60)20-21-42(43)57(77)68(3)34-45(44)67-70/h16-21,30-33,36-37,46-48,52,62H,4-15,22-29,34-35H2,1-3H3,(H2,61,64)(H,63,73)(H,66,76)/t36-,46?,47-,48-,52-/m1/s1. The van der Waals surface area contributed by atoms with Crippen molar-refractivity contribution in [2.24, 2.45) is 10.9 Å². The monoisotopic (exact) mass is 1100 g/mol. The summed E-state index contributed by atoms with van der Waals surface area (Å²) in [5.74, 6) is -0.981. The van der Waals surface area contributed by atoms with E-state index in [0.717, 1.165) is 79.6 Å². The molecule has 9 rings (SSSR count). The topological polar surface area (TPSA) is 221 Å². The van der Waals surface area contributed by atoms with E-state index in [2.05, 4.69) is 25.8 Å². The lowest BCUT2D eigenvalue weighted by molar-refractivity contribution is -0.139. The number of nitrogens with one attached hydrogen (secondary N) is 3. The van der Waals surface area contributed by atoms with Gasteiger partial charge in [0, 0.05) is 93.0 Å². The lowest BCUT2D eigenvalue weighted by Gasteiger charge is -2.38. The van der Waals surface area contributed by atoms with Crippen LogP contribution >= 0.6 is 11.8 Å². The van der Waals surface area contributed by atoms with E-state index in [9.17, 15) is 37.5 Å². The highest BCUT2D eigenvalue weighted by Gasteiger charge is 2.43. The van der Waals surface area contributed by atoms with Crippen LogP contribution in [0.1, 0.15) is 135 Å². The van der Waals surface area contributed by atoms with Crippen molar-refractivity contribution < 1.29 is 37.5 Å². The molecule has 1 unspecified atom stereocenters. The van der Waals surface area contributed by atoms with Crippen LogP contribution in [0.5, 0.6) is 0 Å². The number of ketones is 1. The number of nitrogens with two attached hydrogens (primary N) is 1. The van der Waals surface area contributed by atoms with E-state index >= 15 is 0 Å². The molecule has 5 amide bonds. The maximum absolute atomic E-state index is 14.7. The van der Waals surface area contributed by atoms with Crippen LogP contribution in [-0.4, -0.2) is 147 Å². The molecule has 4 aromatic rings. The number of rotatable bonds is 20. The van der Waals surface area contributed by atoms with Gasteiger partial charge in [0.05, 0.1) is 47.6 Å². The number of benzene rings is 2. The number of anilines is 2. The largest absolute Gasteiger partial charge is 0.382 e. The molecular formula is C58H74F2N12O6S. The van der Waals surface area contributed by atoms with Crippen LogP contribution in [0.2, 0.25) is 0 Å². The first-order valence-corrected chi connectivity index (χ1v) is 29.1. The van der Waals surface area contributed by atoms with E-state index < -0.39 is 29.8 Å². The number of amides is 5. The number of piperidine rings is 1. The molecule has 5 aliphatic heterocycles. The lowest BCUT2D eigenvalue weighted by Crippen LogP contribution is -2.58. The van der Waals surface area contributed by atoms with E-state index in [0.29, 0.717) is 105 Å². The summed E-state index contributed by atoms with van der Waals surface area (Å²) in [5, 5.41) is 14.6. The Balaban J connectivity index is 0.691. The predicted molar refractivity (Wildman–Crippen MR) is 300 cm³/mol. The summed E-state index contributed by atoms with van der Waals surface area (Å²) in [6, 6.07) is 9.37. The third-order valence-electron chi connectivity index (χ3n) is 16.3. The van der Waals surface area contributed by atoms with Crippen LogP contribution in [0.3, 0.4) is 0 Å². The first-order valence-electron chi connectivity index (χ1n) is 28.1. The summed E-state index contributed by atoms with van der Waals surface area (Å²) in [5.41, 5.74) is 10.9. The molecule has 5 atom stereocenters. The number of hydrogen-bond donors (Lipinski definition) is 4. The zero-order valence-electron chi connectivity index (χ0n) is 45.6. The average molecular weight is 1110 g/mol. The molecular weight excluding hydrogens is 1030 g/mol. The molecule has 2 aromatic carbocycles. The second-order valence-electron chi connectivity index (χ2n) is 21.7. The number of halogens is 2. The number of aliphatic imine (C=N–C) groups is 1. The number of Topliss-reactive ketones (excluding diaryl/α,β-unsaturated/α-hetero) is 1. The molecule has 18 nitrogen and oxygen atoms in total. The van der Waals surface area contributed by atoms with E-state index in [-0.39, 0.29) is 59.9 Å². The molecule has 3 saturated heterocycles. The van der Waals surface area contributed by atoms with Crippen molar-refractivity contribution in [1.82, 2.24) is 45.4 Å². The fourth-order valence-electron chi connectivity index (χ4n) is 11.7. The van der Waals surface area contributed by atoms with E-state index in [1.807, 2.05) is 22.1 Å². The molecule has 2 bridgehead atoms.